The topological polar surface area (TPSA) is 67.4 Å². The van der Waals surface area contributed by atoms with Crippen molar-refractivity contribution in [2.75, 3.05) is 13.7 Å². The summed E-state index contributed by atoms with van der Waals surface area (Å²) in [5.74, 6) is -0.863. The lowest BCUT2D eigenvalue weighted by molar-refractivity contribution is -0.129. The Balaban J connectivity index is 1.91. The van der Waals surface area contributed by atoms with Crippen LogP contribution in [0, 0.1) is 5.82 Å². The van der Waals surface area contributed by atoms with E-state index >= 15 is 0 Å². The van der Waals surface area contributed by atoms with Crippen LogP contribution in [0.15, 0.2) is 48.5 Å². The number of ether oxygens (including phenoxy) is 1. The van der Waals surface area contributed by atoms with Crippen LogP contribution in [0.5, 0.6) is 0 Å². The second kappa shape index (κ2) is 10.2. The lowest BCUT2D eigenvalue weighted by Crippen LogP contribution is -2.48. The third-order valence-corrected chi connectivity index (χ3v) is 3.79. The first-order valence-electron chi connectivity index (χ1n) is 8.54. The molecule has 142 valence electrons. The molecule has 0 spiro atoms. The van der Waals surface area contributed by atoms with Crippen molar-refractivity contribution in [2.24, 2.45) is 0 Å². The van der Waals surface area contributed by atoms with Crippen molar-refractivity contribution in [3.8, 4) is 0 Å². The molecule has 0 radical (unpaired) electrons. The minimum atomic E-state index is -0.721. The lowest BCUT2D eigenvalue weighted by atomic mass is 10.1. The van der Waals surface area contributed by atoms with Crippen LogP contribution in [0.2, 0.25) is 0 Å². The van der Waals surface area contributed by atoms with Gasteiger partial charge in [-0.25, -0.2) is 4.39 Å². The molecule has 0 fully saturated rings. The van der Waals surface area contributed by atoms with E-state index in [0.29, 0.717) is 6.54 Å². The van der Waals surface area contributed by atoms with E-state index in [0.717, 1.165) is 16.7 Å². The fourth-order valence-corrected chi connectivity index (χ4v) is 2.46. The van der Waals surface area contributed by atoms with Gasteiger partial charge in [0.1, 0.15) is 11.9 Å². The Hall–Kier alpha value is -2.99. The molecule has 2 N–H and O–H groups in total. The summed E-state index contributed by atoms with van der Waals surface area (Å²) in [4.78, 5) is 23.3. The number of hydrogen-bond donors (Lipinski definition) is 2. The van der Waals surface area contributed by atoms with E-state index in [1.54, 1.807) is 6.07 Å². The second-order valence-corrected chi connectivity index (χ2v) is 6.06. The first-order chi connectivity index (χ1) is 13.0. The molecular formula is C21H23FN2O3. The predicted octanol–water partition coefficient (Wildman–Crippen LogP) is 2.76. The zero-order valence-electron chi connectivity index (χ0n) is 15.4. The minimum Gasteiger partial charge on any atom is -0.382 e. The molecule has 0 aliphatic heterocycles. The van der Waals surface area contributed by atoms with Gasteiger partial charge in [-0.3, -0.25) is 9.59 Å². The number of carbonyl (C=O) groups is 2. The summed E-state index contributed by atoms with van der Waals surface area (Å²) in [7, 11) is 1.47. The highest BCUT2D eigenvalue weighted by molar-refractivity contribution is 5.86. The average Bonchev–Trinajstić information content (AvgIpc) is 2.64. The summed E-state index contributed by atoms with van der Waals surface area (Å²) in [5, 5.41) is 5.33. The number of nitrogens with one attached hydrogen (secondary N) is 2. The minimum absolute atomic E-state index is 0.106. The molecule has 0 aromatic heterocycles. The first-order valence-corrected chi connectivity index (χ1v) is 8.54. The summed E-state index contributed by atoms with van der Waals surface area (Å²) in [5.41, 5.74) is 2.67. The molecule has 2 aromatic rings. The number of amides is 2. The molecule has 0 aliphatic rings. The number of halogens is 1. The van der Waals surface area contributed by atoms with Gasteiger partial charge in [0.15, 0.2) is 0 Å². The molecule has 1 atom stereocenters. The molecule has 27 heavy (non-hydrogen) atoms. The van der Waals surface area contributed by atoms with E-state index in [-0.39, 0.29) is 24.2 Å². The Morgan fingerprint density at radius 2 is 1.81 bits per heavy atom. The van der Waals surface area contributed by atoms with Gasteiger partial charge < -0.3 is 15.4 Å². The highest BCUT2D eigenvalue weighted by Gasteiger charge is 2.18. The number of hydrogen-bond acceptors (Lipinski definition) is 3. The van der Waals surface area contributed by atoms with Crippen LogP contribution in [-0.2, 0) is 20.9 Å². The standard InChI is InChI=1S/C21H23FN2O3/c1-15(25)24-20(14-27-2)21(26)23-13-18-10-7-16(8-11-18)6-9-17-4-3-5-19(22)12-17/h3-12,20H,13-14H2,1-2H3,(H,23,26)(H,24,25)/t20-/m1/s1. The molecule has 0 unspecified atom stereocenters. The van der Waals surface area contributed by atoms with Crippen LogP contribution in [0.3, 0.4) is 0 Å². The number of rotatable bonds is 8. The van der Waals surface area contributed by atoms with Crippen molar-refractivity contribution >= 4 is 24.0 Å². The van der Waals surface area contributed by atoms with E-state index < -0.39 is 6.04 Å². The Labute approximate surface area is 158 Å². The maximum atomic E-state index is 13.2. The average molecular weight is 370 g/mol. The van der Waals surface area contributed by atoms with Gasteiger partial charge in [0.05, 0.1) is 6.61 Å². The van der Waals surface area contributed by atoms with Crippen molar-refractivity contribution in [1.29, 1.82) is 0 Å². The molecule has 0 saturated heterocycles. The van der Waals surface area contributed by atoms with E-state index in [1.807, 2.05) is 42.5 Å². The van der Waals surface area contributed by atoms with E-state index in [2.05, 4.69) is 10.6 Å². The Bertz CT molecular complexity index is 803. The normalized spacial score (nSPS) is 12.0. The first kappa shape index (κ1) is 20.3. The van der Waals surface area contributed by atoms with E-state index in [9.17, 15) is 14.0 Å². The van der Waals surface area contributed by atoms with Gasteiger partial charge in [-0.15, -0.1) is 0 Å². The third kappa shape index (κ3) is 7.03. The number of carbonyl (C=O) groups excluding carboxylic acids is 2. The van der Waals surface area contributed by atoms with Gasteiger partial charge >= 0.3 is 0 Å². The van der Waals surface area contributed by atoms with Gasteiger partial charge in [-0.05, 0) is 28.8 Å². The Morgan fingerprint density at radius 1 is 1.11 bits per heavy atom. The largest absolute Gasteiger partial charge is 0.382 e. The smallest absolute Gasteiger partial charge is 0.245 e. The van der Waals surface area contributed by atoms with Crippen LogP contribution in [0.25, 0.3) is 12.2 Å². The fourth-order valence-electron chi connectivity index (χ4n) is 2.46. The quantitative estimate of drug-likeness (QED) is 0.702. The summed E-state index contributed by atoms with van der Waals surface area (Å²) < 4.78 is 18.1. The van der Waals surface area contributed by atoms with Crippen LogP contribution in [-0.4, -0.2) is 31.6 Å². The van der Waals surface area contributed by atoms with E-state index in [1.165, 1.54) is 26.2 Å². The van der Waals surface area contributed by atoms with Crippen molar-refractivity contribution in [2.45, 2.75) is 19.5 Å². The molecule has 6 heteroatoms. The van der Waals surface area contributed by atoms with Crippen molar-refractivity contribution in [3.05, 3.63) is 71.0 Å². The summed E-state index contributed by atoms with van der Waals surface area (Å²) in [6, 6.07) is 13.3. The number of benzene rings is 2. The monoisotopic (exact) mass is 370 g/mol. The SMILES string of the molecule is COC[C@@H](NC(C)=O)C(=O)NCc1ccc(C=Cc2cccc(F)c2)cc1. The Kier molecular flexibility index (Phi) is 7.70. The Morgan fingerprint density at radius 3 is 2.44 bits per heavy atom. The molecule has 5 nitrogen and oxygen atoms in total. The van der Waals surface area contributed by atoms with Crippen molar-refractivity contribution < 1.29 is 18.7 Å². The van der Waals surface area contributed by atoms with Crippen LogP contribution in [0.1, 0.15) is 23.6 Å². The molecule has 0 saturated carbocycles. The van der Waals surface area contributed by atoms with Gasteiger partial charge in [-0.1, -0.05) is 48.6 Å². The van der Waals surface area contributed by atoms with Crippen LogP contribution in [0.4, 0.5) is 4.39 Å². The van der Waals surface area contributed by atoms with Crippen molar-refractivity contribution in [1.82, 2.24) is 10.6 Å². The molecular weight excluding hydrogens is 347 g/mol. The van der Waals surface area contributed by atoms with Crippen molar-refractivity contribution in [3.63, 3.8) is 0 Å². The zero-order valence-corrected chi connectivity index (χ0v) is 15.4. The predicted molar refractivity (Wildman–Crippen MR) is 103 cm³/mol. The summed E-state index contributed by atoms with van der Waals surface area (Å²) >= 11 is 0. The summed E-state index contributed by atoms with van der Waals surface area (Å²) in [6.45, 7) is 1.80. The molecule has 2 amide bonds. The molecule has 2 rings (SSSR count). The van der Waals surface area contributed by atoms with Gasteiger partial charge in [-0.2, -0.15) is 0 Å². The maximum Gasteiger partial charge on any atom is 0.245 e. The second-order valence-electron chi connectivity index (χ2n) is 6.06. The van der Waals surface area contributed by atoms with Gasteiger partial charge in [0.2, 0.25) is 11.8 Å². The van der Waals surface area contributed by atoms with Crippen LogP contribution >= 0.6 is 0 Å². The highest BCUT2D eigenvalue weighted by atomic mass is 19.1. The highest BCUT2D eigenvalue weighted by Crippen LogP contribution is 2.11. The van der Waals surface area contributed by atoms with Gasteiger partial charge in [0.25, 0.3) is 0 Å². The van der Waals surface area contributed by atoms with Gasteiger partial charge in [0, 0.05) is 20.6 Å². The lowest BCUT2D eigenvalue weighted by Gasteiger charge is -2.16. The molecule has 0 bridgehead atoms. The number of methoxy groups -OCH3 is 1. The fraction of sp³-hybridized carbons (Fsp3) is 0.238. The third-order valence-electron chi connectivity index (χ3n) is 3.79. The molecule has 2 aromatic carbocycles. The zero-order chi connectivity index (χ0) is 19.6. The van der Waals surface area contributed by atoms with E-state index in [4.69, 9.17) is 4.74 Å². The van der Waals surface area contributed by atoms with Crippen LogP contribution < -0.4 is 10.6 Å². The summed E-state index contributed by atoms with van der Waals surface area (Å²) in [6.07, 6.45) is 3.73. The maximum absolute atomic E-state index is 13.2. The molecule has 0 aliphatic carbocycles. The molecule has 0 heterocycles.